The van der Waals surface area contributed by atoms with Crippen molar-refractivity contribution in [2.45, 2.75) is 18.4 Å². The topological polar surface area (TPSA) is 65.4 Å². The van der Waals surface area contributed by atoms with Crippen molar-refractivity contribution in [1.82, 2.24) is 10.2 Å². The molecule has 1 aliphatic rings. The van der Waals surface area contributed by atoms with Gasteiger partial charge < -0.3 is 15.0 Å². The Balaban J connectivity index is 0.00000353. The van der Waals surface area contributed by atoms with Gasteiger partial charge >= 0.3 is 5.97 Å². The number of esters is 1. The second kappa shape index (κ2) is 12.5. The highest BCUT2D eigenvalue weighted by Crippen LogP contribution is 2.52. The number of ether oxygens (including phenoxy) is 1. The van der Waals surface area contributed by atoms with Gasteiger partial charge in [-0.3, -0.25) is 4.79 Å². The Morgan fingerprint density at radius 3 is 1.79 bits per heavy atom. The summed E-state index contributed by atoms with van der Waals surface area (Å²) >= 11 is 0. The lowest BCUT2D eigenvalue weighted by Gasteiger charge is -2.48. The number of benzene rings is 4. The number of hydrogen-bond acceptors (Lipinski definition) is 5. The number of carbonyl (C=O) groups excluding carboxylic acids is 1. The van der Waals surface area contributed by atoms with Crippen LogP contribution in [-0.4, -0.2) is 24.1 Å². The van der Waals surface area contributed by atoms with Crippen LogP contribution < -0.4 is 5.32 Å². The Morgan fingerprint density at radius 2 is 1.36 bits per heavy atom. The molecule has 0 spiro atoms. The van der Waals surface area contributed by atoms with Crippen molar-refractivity contribution in [2.75, 3.05) is 13.3 Å². The SMILES string of the molecule is Br.CC(=O)OCC1=CNCN1C(c1ccc(C#N)cc1)C(c1ccccc1)(c1ccccc1)c1ccccc1. The van der Waals surface area contributed by atoms with Crippen molar-refractivity contribution in [3.05, 3.63) is 155 Å². The zero-order chi connectivity index (χ0) is 26.4. The summed E-state index contributed by atoms with van der Waals surface area (Å²) in [6.45, 7) is 2.12. The first-order chi connectivity index (χ1) is 18.6. The van der Waals surface area contributed by atoms with Crippen LogP contribution in [0, 0.1) is 11.3 Å². The van der Waals surface area contributed by atoms with Crippen LogP contribution in [0.3, 0.4) is 0 Å². The summed E-state index contributed by atoms with van der Waals surface area (Å²) < 4.78 is 5.48. The minimum Gasteiger partial charge on any atom is -0.459 e. The van der Waals surface area contributed by atoms with Gasteiger partial charge in [-0.25, -0.2) is 0 Å². The van der Waals surface area contributed by atoms with E-state index in [1.807, 2.05) is 48.7 Å². The molecule has 0 fully saturated rings. The zero-order valence-electron chi connectivity index (χ0n) is 21.7. The molecule has 0 saturated heterocycles. The maximum absolute atomic E-state index is 11.8. The Labute approximate surface area is 240 Å². The van der Waals surface area contributed by atoms with E-state index < -0.39 is 5.41 Å². The molecule has 4 aromatic rings. The molecule has 1 N–H and O–H groups in total. The number of rotatable bonds is 8. The van der Waals surface area contributed by atoms with Crippen molar-refractivity contribution >= 4 is 23.0 Å². The number of nitriles is 1. The molecule has 196 valence electrons. The van der Waals surface area contributed by atoms with E-state index in [2.05, 4.69) is 89.1 Å². The molecule has 0 aliphatic carbocycles. The van der Waals surface area contributed by atoms with Gasteiger partial charge in [0.1, 0.15) is 6.61 Å². The Bertz CT molecular complexity index is 1350. The maximum atomic E-state index is 11.8. The van der Waals surface area contributed by atoms with Gasteiger partial charge in [0.25, 0.3) is 0 Å². The number of halogens is 1. The largest absolute Gasteiger partial charge is 0.459 e. The lowest BCUT2D eigenvalue weighted by molar-refractivity contribution is -0.140. The van der Waals surface area contributed by atoms with E-state index in [1.165, 1.54) is 6.92 Å². The molecule has 4 aromatic carbocycles. The highest BCUT2D eigenvalue weighted by atomic mass is 79.9. The molecule has 0 saturated carbocycles. The molecule has 5 rings (SSSR count). The van der Waals surface area contributed by atoms with E-state index in [-0.39, 0.29) is 35.6 Å². The molecule has 0 aromatic heterocycles. The molecule has 1 unspecified atom stereocenters. The van der Waals surface area contributed by atoms with Crippen molar-refractivity contribution in [3.63, 3.8) is 0 Å². The minimum atomic E-state index is -0.653. The van der Waals surface area contributed by atoms with Crippen LogP contribution >= 0.6 is 17.0 Å². The molecule has 6 heteroatoms. The molecular weight excluding hydrogens is 550 g/mol. The fourth-order valence-electron chi connectivity index (χ4n) is 5.48. The predicted octanol–water partition coefficient (Wildman–Crippen LogP) is 6.48. The van der Waals surface area contributed by atoms with E-state index in [9.17, 15) is 10.1 Å². The highest BCUT2D eigenvalue weighted by molar-refractivity contribution is 8.93. The summed E-state index contributed by atoms with van der Waals surface area (Å²) in [5.74, 6) is -0.326. The van der Waals surface area contributed by atoms with Gasteiger partial charge in [0.15, 0.2) is 0 Å². The number of carbonyl (C=O) groups is 1. The summed E-state index contributed by atoms with van der Waals surface area (Å²) in [6, 6.07) is 41.4. The fourth-order valence-corrected chi connectivity index (χ4v) is 5.48. The van der Waals surface area contributed by atoms with Gasteiger partial charge in [0.2, 0.25) is 0 Å². The summed E-state index contributed by atoms with van der Waals surface area (Å²) in [5, 5.41) is 12.9. The third-order valence-electron chi connectivity index (χ3n) is 7.09. The summed E-state index contributed by atoms with van der Waals surface area (Å²) in [5.41, 5.74) is 5.26. The molecule has 39 heavy (non-hydrogen) atoms. The summed E-state index contributed by atoms with van der Waals surface area (Å²) in [6.07, 6.45) is 1.92. The van der Waals surface area contributed by atoms with Gasteiger partial charge in [-0.1, -0.05) is 103 Å². The number of hydrogen-bond donors (Lipinski definition) is 1. The molecule has 0 bridgehead atoms. The Morgan fingerprint density at radius 1 is 0.872 bits per heavy atom. The van der Waals surface area contributed by atoms with Crippen molar-refractivity contribution in [3.8, 4) is 6.07 Å². The maximum Gasteiger partial charge on any atom is 0.303 e. The van der Waals surface area contributed by atoms with Crippen molar-refractivity contribution in [2.24, 2.45) is 0 Å². The first-order valence-corrected chi connectivity index (χ1v) is 12.6. The van der Waals surface area contributed by atoms with Crippen LogP contribution in [0.25, 0.3) is 0 Å². The van der Waals surface area contributed by atoms with Gasteiger partial charge in [-0.2, -0.15) is 5.26 Å². The smallest absolute Gasteiger partial charge is 0.303 e. The van der Waals surface area contributed by atoms with Gasteiger partial charge in [-0.15, -0.1) is 17.0 Å². The van der Waals surface area contributed by atoms with Crippen molar-refractivity contribution in [1.29, 1.82) is 5.26 Å². The molecular formula is C33H30BrN3O2. The monoisotopic (exact) mass is 579 g/mol. The molecule has 5 nitrogen and oxygen atoms in total. The fraction of sp³-hybridized carbons (Fsp3) is 0.152. The lowest BCUT2D eigenvalue weighted by Crippen LogP contribution is -2.46. The zero-order valence-corrected chi connectivity index (χ0v) is 23.4. The third kappa shape index (κ3) is 5.45. The average Bonchev–Trinajstić information content (AvgIpc) is 3.44. The second-order valence-electron chi connectivity index (χ2n) is 9.29. The van der Waals surface area contributed by atoms with E-state index in [1.54, 1.807) is 0 Å². The Hall–Kier alpha value is -4.34. The number of nitrogens with one attached hydrogen (secondary N) is 1. The molecule has 0 amide bonds. The van der Waals surface area contributed by atoms with Crippen molar-refractivity contribution < 1.29 is 9.53 Å². The lowest BCUT2D eigenvalue weighted by atomic mass is 9.62. The Kier molecular flexibility index (Phi) is 8.85. The molecule has 1 atom stereocenters. The second-order valence-corrected chi connectivity index (χ2v) is 9.29. The van der Waals surface area contributed by atoms with E-state index >= 15 is 0 Å². The van der Waals surface area contributed by atoms with E-state index in [0.29, 0.717) is 12.2 Å². The van der Waals surface area contributed by atoms with E-state index in [4.69, 9.17) is 4.74 Å². The quantitative estimate of drug-likeness (QED) is 0.191. The molecule has 1 aliphatic heterocycles. The normalized spacial score (nSPS) is 13.3. The first-order valence-electron chi connectivity index (χ1n) is 12.6. The van der Waals surface area contributed by atoms with Crippen LogP contribution in [0.2, 0.25) is 0 Å². The highest BCUT2D eigenvalue weighted by Gasteiger charge is 2.48. The van der Waals surface area contributed by atoms with Crippen LogP contribution in [0.15, 0.2) is 127 Å². The molecule has 1 heterocycles. The predicted molar refractivity (Wildman–Crippen MR) is 158 cm³/mol. The third-order valence-corrected chi connectivity index (χ3v) is 7.09. The standard InChI is InChI=1S/C33H29N3O2.BrH/c1-25(37)38-23-31-22-35-24-36(31)32(27-19-17-26(21-34)18-20-27)33(28-11-5-2-6-12-28,29-13-7-3-8-14-29)30-15-9-4-10-16-30;/h2-20,22,32,35H,23-24H2,1H3;1H. The average molecular weight is 581 g/mol. The summed E-state index contributed by atoms with van der Waals surface area (Å²) in [7, 11) is 0. The van der Waals surface area contributed by atoms with Crippen LogP contribution in [-0.2, 0) is 14.9 Å². The van der Waals surface area contributed by atoms with Gasteiger partial charge in [0, 0.05) is 13.1 Å². The minimum absolute atomic E-state index is 0. The summed E-state index contributed by atoms with van der Waals surface area (Å²) in [4.78, 5) is 14.0. The van der Waals surface area contributed by atoms with Crippen LogP contribution in [0.4, 0.5) is 0 Å². The number of nitrogens with zero attached hydrogens (tertiary/aromatic N) is 2. The van der Waals surface area contributed by atoms with Crippen LogP contribution in [0.5, 0.6) is 0 Å². The van der Waals surface area contributed by atoms with Gasteiger partial charge in [0.05, 0.1) is 35.5 Å². The molecule has 0 radical (unpaired) electrons. The van der Waals surface area contributed by atoms with Gasteiger partial charge in [-0.05, 0) is 34.4 Å². The van der Waals surface area contributed by atoms with E-state index in [0.717, 1.165) is 28.0 Å². The van der Waals surface area contributed by atoms with Crippen LogP contribution in [0.1, 0.15) is 40.8 Å². The first kappa shape index (κ1) is 27.7.